The normalized spacial score (nSPS) is 15.4. The van der Waals surface area contributed by atoms with E-state index in [0.29, 0.717) is 6.54 Å². The van der Waals surface area contributed by atoms with Crippen molar-refractivity contribution in [2.24, 2.45) is 0 Å². The van der Waals surface area contributed by atoms with E-state index in [9.17, 15) is 19.7 Å². The molecule has 1 aromatic heterocycles. The summed E-state index contributed by atoms with van der Waals surface area (Å²) in [4.78, 5) is 36.0. The third kappa shape index (κ3) is 3.75. The van der Waals surface area contributed by atoms with Crippen molar-refractivity contribution in [1.29, 1.82) is 0 Å². The molecule has 8 heteroatoms. The van der Waals surface area contributed by atoms with Crippen molar-refractivity contribution in [2.75, 3.05) is 11.9 Å². The first-order valence-corrected chi connectivity index (χ1v) is 9.26. The number of anilines is 1. The maximum absolute atomic E-state index is 12.2. The molecular weight excluding hydrogens is 354 g/mol. The van der Waals surface area contributed by atoms with Gasteiger partial charge < -0.3 is 10.6 Å². The molecule has 1 aliphatic carbocycles. The van der Waals surface area contributed by atoms with Crippen LogP contribution in [0.5, 0.6) is 0 Å². The molecule has 1 aliphatic rings. The number of amides is 2. The lowest BCUT2D eigenvalue weighted by Gasteiger charge is -2.28. The van der Waals surface area contributed by atoms with E-state index in [1.54, 1.807) is 17.4 Å². The van der Waals surface area contributed by atoms with Crippen LogP contribution in [0.25, 0.3) is 0 Å². The monoisotopic (exact) mass is 373 g/mol. The molecule has 2 amide bonds. The van der Waals surface area contributed by atoms with Gasteiger partial charge >= 0.3 is 11.8 Å². The minimum Gasteiger partial charge on any atom is -0.347 e. The Morgan fingerprint density at radius 2 is 1.85 bits per heavy atom. The first kappa shape index (κ1) is 18.1. The minimum atomic E-state index is -0.904. The second kappa shape index (κ2) is 7.65. The van der Waals surface area contributed by atoms with Gasteiger partial charge in [0.05, 0.1) is 4.92 Å². The molecule has 136 valence electrons. The molecule has 1 heterocycles. The molecule has 0 atom stereocenters. The number of carbonyl (C=O) groups excluding carboxylic acids is 2. The van der Waals surface area contributed by atoms with Crippen molar-refractivity contribution in [2.45, 2.75) is 31.1 Å². The summed E-state index contributed by atoms with van der Waals surface area (Å²) < 4.78 is 0. The third-order valence-electron chi connectivity index (χ3n) is 4.75. The molecule has 1 aromatic carbocycles. The minimum absolute atomic E-state index is 0.00601. The summed E-state index contributed by atoms with van der Waals surface area (Å²) in [5, 5.41) is 18.0. The molecule has 2 aromatic rings. The number of nitro benzene ring substituents is 1. The summed E-state index contributed by atoms with van der Waals surface area (Å²) in [5.41, 5.74) is -0.367. The molecule has 7 nitrogen and oxygen atoms in total. The average molecular weight is 373 g/mol. The molecule has 26 heavy (non-hydrogen) atoms. The summed E-state index contributed by atoms with van der Waals surface area (Å²) >= 11 is 1.66. The van der Waals surface area contributed by atoms with E-state index in [4.69, 9.17) is 0 Å². The standard InChI is InChI=1S/C18H19N3O4S/c22-16(17(23)20-13-6-1-2-7-14(13)21(24)25)19-12-18(9-3-4-10-18)15-8-5-11-26-15/h1-2,5-8,11H,3-4,9-10,12H2,(H,19,22)(H,20,23). The fourth-order valence-corrected chi connectivity index (χ4v) is 4.38. The maximum Gasteiger partial charge on any atom is 0.313 e. The number of nitrogens with zero attached hydrogens (tertiary/aromatic N) is 1. The Morgan fingerprint density at radius 3 is 2.50 bits per heavy atom. The highest BCUT2D eigenvalue weighted by Gasteiger charge is 2.37. The van der Waals surface area contributed by atoms with E-state index in [2.05, 4.69) is 16.7 Å². The smallest absolute Gasteiger partial charge is 0.313 e. The number of rotatable bonds is 5. The number of nitrogens with one attached hydrogen (secondary N) is 2. The van der Waals surface area contributed by atoms with Crippen molar-refractivity contribution in [1.82, 2.24) is 5.32 Å². The van der Waals surface area contributed by atoms with Crippen LogP contribution in [0.4, 0.5) is 11.4 Å². The summed E-state index contributed by atoms with van der Waals surface area (Å²) in [6, 6.07) is 9.79. The number of thiophene rings is 1. The number of para-hydroxylation sites is 2. The van der Waals surface area contributed by atoms with Gasteiger partial charge in [0, 0.05) is 22.9 Å². The van der Waals surface area contributed by atoms with E-state index in [1.165, 1.54) is 23.1 Å². The van der Waals surface area contributed by atoms with Crippen LogP contribution in [0.15, 0.2) is 41.8 Å². The number of carbonyl (C=O) groups is 2. The Hall–Kier alpha value is -2.74. The molecule has 0 spiro atoms. The Bertz CT molecular complexity index is 814. The molecule has 0 bridgehead atoms. The second-order valence-electron chi connectivity index (χ2n) is 6.38. The summed E-state index contributed by atoms with van der Waals surface area (Å²) in [5.74, 6) is -1.69. The lowest BCUT2D eigenvalue weighted by atomic mass is 9.84. The second-order valence-corrected chi connectivity index (χ2v) is 7.32. The number of hydrogen-bond acceptors (Lipinski definition) is 5. The van der Waals surface area contributed by atoms with Crippen LogP contribution in [0.1, 0.15) is 30.6 Å². The van der Waals surface area contributed by atoms with Crippen LogP contribution in [-0.2, 0) is 15.0 Å². The van der Waals surface area contributed by atoms with Gasteiger partial charge in [-0.1, -0.05) is 31.0 Å². The molecule has 2 N–H and O–H groups in total. The molecule has 0 aliphatic heterocycles. The van der Waals surface area contributed by atoms with Crippen LogP contribution in [0.2, 0.25) is 0 Å². The Balaban J connectivity index is 1.65. The average Bonchev–Trinajstić information content (AvgIpc) is 3.32. The van der Waals surface area contributed by atoms with Gasteiger partial charge in [0.2, 0.25) is 0 Å². The molecule has 3 rings (SSSR count). The number of benzene rings is 1. The molecule has 1 saturated carbocycles. The summed E-state index contributed by atoms with van der Waals surface area (Å²) in [6.45, 7) is 0.386. The van der Waals surface area contributed by atoms with Crippen molar-refractivity contribution >= 4 is 34.5 Å². The fraction of sp³-hybridized carbons (Fsp3) is 0.333. The van der Waals surface area contributed by atoms with E-state index >= 15 is 0 Å². The Labute approximate surface area is 154 Å². The largest absolute Gasteiger partial charge is 0.347 e. The van der Waals surface area contributed by atoms with Gasteiger partial charge in [-0.25, -0.2) is 0 Å². The van der Waals surface area contributed by atoms with Gasteiger partial charge in [-0.05, 0) is 30.4 Å². The Kier molecular flexibility index (Phi) is 5.32. The van der Waals surface area contributed by atoms with Crippen LogP contribution in [0.3, 0.4) is 0 Å². The zero-order valence-corrected chi connectivity index (χ0v) is 14.9. The van der Waals surface area contributed by atoms with E-state index in [-0.39, 0.29) is 16.8 Å². The first-order valence-electron chi connectivity index (χ1n) is 8.38. The fourth-order valence-electron chi connectivity index (χ4n) is 3.39. The lowest BCUT2D eigenvalue weighted by Crippen LogP contribution is -2.43. The van der Waals surface area contributed by atoms with E-state index in [1.807, 2.05) is 11.4 Å². The Morgan fingerprint density at radius 1 is 1.12 bits per heavy atom. The van der Waals surface area contributed by atoms with Crippen LogP contribution >= 0.6 is 11.3 Å². The zero-order chi connectivity index (χ0) is 18.6. The van der Waals surface area contributed by atoms with Gasteiger partial charge in [0.25, 0.3) is 5.69 Å². The van der Waals surface area contributed by atoms with Crippen LogP contribution in [0, 0.1) is 10.1 Å². The highest BCUT2D eigenvalue weighted by Crippen LogP contribution is 2.42. The van der Waals surface area contributed by atoms with Gasteiger partial charge in [-0.15, -0.1) is 11.3 Å². The summed E-state index contributed by atoms with van der Waals surface area (Å²) in [6.07, 6.45) is 4.13. The quantitative estimate of drug-likeness (QED) is 0.477. The molecule has 0 radical (unpaired) electrons. The van der Waals surface area contributed by atoms with Crippen molar-refractivity contribution in [3.05, 3.63) is 56.8 Å². The predicted molar refractivity (Wildman–Crippen MR) is 99.2 cm³/mol. The van der Waals surface area contributed by atoms with Crippen molar-refractivity contribution < 1.29 is 14.5 Å². The summed E-state index contributed by atoms with van der Waals surface area (Å²) in [7, 11) is 0. The number of nitro groups is 1. The van der Waals surface area contributed by atoms with Gasteiger partial charge in [0.1, 0.15) is 5.69 Å². The van der Waals surface area contributed by atoms with E-state index < -0.39 is 16.7 Å². The predicted octanol–water partition coefficient (Wildman–Crippen LogP) is 3.22. The van der Waals surface area contributed by atoms with Gasteiger partial charge in [-0.3, -0.25) is 19.7 Å². The zero-order valence-electron chi connectivity index (χ0n) is 14.1. The van der Waals surface area contributed by atoms with Gasteiger partial charge in [-0.2, -0.15) is 0 Å². The highest BCUT2D eigenvalue weighted by molar-refractivity contribution is 7.10. The topological polar surface area (TPSA) is 101 Å². The first-order chi connectivity index (χ1) is 12.5. The molecular formula is C18H19N3O4S. The molecule has 0 saturated heterocycles. The lowest BCUT2D eigenvalue weighted by molar-refractivity contribution is -0.383. The van der Waals surface area contributed by atoms with Crippen LogP contribution in [-0.4, -0.2) is 23.3 Å². The number of hydrogen-bond donors (Lipinski definition) is 2. The van der Waals surface area contributed by atoms with Crippen LogP contribution < -0.4 is 10.6 Å². The van der Waals surface area contributed by atoms with Crippen molar-refractivity contribution in [3.8, 4) is 0 Å². The van der Waals surface area contributed by atoms with Crippen molar-refractivity contribution in [3.63, 3.8) is 0 Å². The molecule has 1 fully saturated rings. The highest BCUT2D eigenvalue weighted by atomic mass is 32.1. The molecule has 0 unspecified atom stereocenters. The van der Waals surface area contributed by atoms with E-state index in [0.717, 1.165) is 25.7 Å². The third-order valence-corrected chi connectivity index (χ3v) is 5.86. The maximum atomic E-state index is 12.2. The van der Waals surface area contributed by atoms with Gasteiger partial charge in [0.15, 0.2) is 0 Å². The SMILES string of the molecule is O=C(NCC1(c2cccs2)CCCC1)C(=O)Nc1ccccc1[N+](=O)[O-].